The highest BCUT2D eigenvalue weighted by Crippen LogP contribution is 2.33. The summed E-state index contributed by atoms with van der Waals surface area (Å²) in [5.41, 5.74) is 1.99. The molecule has 0 aliphatic heterocycles. The number of nitrogens with zero attached hydrogens (tertiary/aromatic N) is 3. The number of rotatable bonds is 7. The third kappa shape index (κ3) is 5.00. The van der Waals surface area contributed by atoms with Gasteiger partial charge in [-0.15, -0.1) is 10.2 Å². The highest BCUT2D eigenvalue weighted by atomic mass is 32.2. The van der Waals surface area contributed by atoms with Crippen LogP contribution in [0.25, 0.3) is 0 Å². The van der Waals surface area contributed by atoms with E-state index in [9.17, 15) is 4.79 Å². The molecule has 2 aromatic carbocycles. The maximum Gasteiger partial charge on any atom is 0.237 e. The second-order valence-electron chi connectivity index (χ2n) is 5.64. The van der Waals surface area contributed by atoms with Gasteiger partial charge in [-0.3, -0.25) is 4.79 Å². The molecule has 0 bridgehead atoms. The molecular formula is C19H17N5O2S2. The van der Waals surface area contributed by atoms with E-state index >= 15 is 0 Å². The minimum Gasteiger partial charge on any atom is -0.495 e. The number of methoxy groups -OCH3 is 1. The highest BCUT2D eigenvalue weighted by Gasteiger charge is 2.18. The molecule has 0 saturated heterocycles. The normalized spacial score (nSPS) is 11.3. The Morgan fingerprint density at radius 2 is 1.96 bits per heavy atom. The number of thioether (sulfide) groups is 1. The van der Waals surface area contributed by atoms with Gasteiger partial charge in [0.05, 0.1) is 29.7 Å². The van der Waals surface area contributed by atoms with Gasteiger partial charge in [0.1, 0.15) is 5.75 Å². The molecule has 3 rings (SSSR count). The molecule has 142 valence electrons. The largest absolute Gasteiger partial charge is 0.495 e. The Labute approximate surface area is 170 Å². The van der Waals surface area contributed by atoms with Gasteiger partial charge in [0.15, 0.2) is 4.34 Å². The molecule has 2 N–H and O–H groups in total. The van der Waals surface area contributed by atoms with Gasteiger partial charge in [-0.05, 0) is 43.3 Å². The Balaban J connectivity index is 1.59. The number of benzene rings is 2. The fraction of sp³-hybridized carbons (Fsp3) is 0.158. The zero-order valence-corrected chi connectivity index (χ0v) is 16.8. The van der Waals surface area contributed by atoms with Gasteiger partial charge < -0.3 is 15.4 Å². The van der Waals surface area contributed by atoms with Crippen LogP contribution in [0.3, 0.4) is 0 Å². The van der Waals surface area contributed by atoms with Crippen molar-refractivity contribution < 1.29 is 9.53 Å². The molecule has 0 spiro atoms. The summed E-state index contributed by atoms with van der Waals surface area (Å²) < 4.78 is 5.99. The maximum atomic E-state index is 12.4. The van der Waals surface area contributed by atoms with E-state index in [1.807, 2.05) is 30.3 Å². The van der Waals surface area contributed by atoms with Gasteiger partial charge >= 0.3 is 0 Å². The minimum atomic E-state index is -0.359. The lowest BCUT2D eigenvalue weighted by atomic mass is 10.2. The van der Waals surface area contributed by atoms with Crippen molar-refractivity contribution in [3.8, 4) is 11.8 Å². The van der Waals surface area contributed by atoms with E-state index in [-0.39, 0.29) is 11.2 Å². The summed E-state index contributed by atoms with van der Waals surface area (Å²) in [4.78, 5) is 12.4. The molecule has 0 aliphatic carbocycles. The number of carbonyl (C=O) groups is 1. The molecule has 0 saturated carbocycles. The fourth-order valence-electron chi connectivity index (χ4n) is 2.25. The number of amides is 1. The number of hydrogen-bond acceptors (Lipinski definition) is 8. The first-order valence-electron chi connectivity index (χ1n) is 8.30. The molecule has 9 heteroatoms. The van der Waals surface area contributed by atoms with Crippen molar-refractivity contribution in [3.63, 3.8) is 0 Å². The number of carbonyl (C=O) groups excluding carboxylic acids is 1. The number of aromatic nitrogens is 2. The van der Waals surface area contributed by atoms with Crippen LogP contribution in [0.15, 0.2) is 52.9 Å². The van der Waals surface area contributed by atoms with Crippen molar-refractivity contribution in [2.75, 3.05) is 17.7 Å². The smallest absolute Gasteiger partial charge is 0.237 e. The van der Waals surface area contributed by atoms with Crippen LogP contribution in [-0.4, -0.2) is 28.5 Å². The lowest BCUT2D eigenvalue weighted by molar-refractivity contribution is -0.115. The van der Waals surface area contributed by atoms with Crippen molar-refractivity contribution in [1.82, 2.24) is 10.2 Å². The van der Waals surface area contributed by atoms with Crippen molar-refractivity contribution in [2.24, 2.45) is 0 Å². The van der Waals surface area contributed by atoms with Gasteiger partial charge in [-0.1, -0.05) is 35.2 Å². The van der Waals surface area contributed by atoms with Crippen LogP contribution >= 0.6 is 23.1 Å². The number of hydrogen-bond donors (Lipinski definition) is 2. The molecule has 0 radical (unpaired) electrons. The first-order chi connectivity index (χ1) is 13.6. The van der Waals surface area contributed by atoms with E-state index in [1.54, 1.807) is 38.3 Å². The number of para-hydroxylation sites is 2. The van der Waals surface area contributed by atoms with Crippen molar-refractivity contribution >= 4 is 45.5 Å². The Morgan fingerprint density at radius 1 is 1.21 bits per heavy atom. The van der Waals surface area contributed by atoms with Crippen LogP contribution in [0, 0.1) is 11.3 Å². The van der Waals surface area contributed by atoms with E-state index in [0.29, 0.717) is 26.5 Å². The van der Waals surface area contributed by atoms with Crippen LogP contribution in [0.1, 0.15) is 12.5 Å². The second kappa shape index (κ2) is 9.21. The highest BCUT2D eigenvalue weighted by molar-refractivity contribution is 8.02. The summed E-state index contributed by atoms with van der Waals surface area (Å²) in [6, 6.07) is 16.3. The summed E-state index contributed by atoms with van der Waals surface area (Å²) >= 11 is 2.69. The topological polar surface area (TPSA) is 99.9 Å². The van der Waals surface area contributed by atoms with Crippen LogP contribution in [-0.2, 0) is 4.79 Å². The first kappa shape index (κ1) is 19.7. The third-order valence-electron chi connectivity index (χ3n) is 3.68. The van der Waals surface area contributed by atoms with Crippen LogP contribution in [0.2, 0.25) is 0 Å². The quantitative estimate of drug-likeness (QED) is 0.560. The van der Waals surface area contributed by atoms with E-state index in [4.69, 9.17) is 10.00 Å². The van der Waals surface area contributed by atoms with Gasteiger partial charge in [-0.25, -0.2) is 0 Å². The molecular weight excluding hydrogens is 394 g/mol. The molecule has 1 amide bonds. The lowest BCUT2D eigenvalue weighted by Gasteiger charge is -2.10. The zero-order valence-electron chi connectivity index (χ0n) is 15.2. The number of ether oxygens (including phenoxy) is 1. The van der Waals surface area contributed by atoms with E-state index in [0.717, 1.165) is 5.69 Å². The fourth-order valence-corrected chi connectivity index (χ4v) is 4.16. The summed E-state index contributed by atoms with van der Waals surface area (Å²) in [5, 5.41) is 23.3. The average molecular weight is 412 g/mol. The molecule has 1 heterocycles. The number of anilines is 3. The van der Waals surface area contributed by atoms with Crippen molar-refractivity contribution in [2.45, 2.75) is 16.5 Å². The summed E-state index contributed by atoms with van der Waals surface area (Å²) in [7, 11) is 1.61. The molecule has 1 aromatic heterocycles. The molecule has 0 aliphatic rings. The standard InChI is InChI=1S/C19H17N5O2S2/c1-12(17(25)21-14-9-7-13(11-20)8-10-14)27-19-24-23-18(28-19)22-15-5-3-4-6-16(15)26-2/h3-10,12H,1-2H3,(H,21,25)(H,22,23)/t12-/m1/s1. The molecule has 3 aromatic rings. The minimum absolute atomic E-state index is 0.149. The molecule has 0 fully saturated rings. The van der Waals surface area contributed by atoms with E-state index < -0.39 is 0 Å². The lowest BCUT2D eigenvalue weighted by Crippen LogP contribution is -2.22. The molecule has 28 heavy (non-hydrogen) atoms. The van der Waals surface area contributed by atoms with Crippen LogP contribution in [0.5, 0.6) is 5.75 Å². The second-order valence-corrected chi connectivity index (χ2v) is 8.20. The summed E-state index contributed by atoms with van der Waals surface area (Å²) in [6.07, 6.45) is 0. The Hall–Kier alpha value is -3.09. The third-order valence-corrected chi connectivity index (χ3v) is 5.71. The van der Waals surface area contributed by atoms with Gasteiger partial charge in [0.25, 0.3) is 0 Å². The predicted octanol–water partition coefficient (Wildman–Crippen LogP) is 4.28. The van der Waals surface area contributed by atoms with Crippen molar-refractivity contribution in [3.05, 3.63) is 54.1 Å². The SMILES string of the molecule is COc1ccccc1Nc1nnc(S[C@H](C)C(=O)Nc2ccc(C#N)cc2)s1. The Bertz CT molecular complexity index is 998. The molecule has 0 unspecified atom stereocenters. The molecule has 7 nitrogen and oxygen atoms in total. The first-order valence-corrected chi connectivity index (χ1v) is 10.00. The number of nitrogens with one attached hydrogen (secondary N) is 2. The number of nitriles is 1. The zero-order chi connectivity index (χ0) is 19.9. The van der Waals surface area contributed by atoms with Crippen LogP contribution < -0.4 is 15.4 Å². The predicted molar refractivity (Wildman–Crippen MR) is 111 cm³/mol. The van der Waals surface area contributed by atoms with Gasteiger partial charge in [-0.2, -0.15) is 5.26 Å². The van der Waals surface area contributed by atoms with E-state index in [1.165, 1.54) is 23.1 Å². The summed E-state index contributed by atoms with van der Waals surface area (Å²) in [5.74, 6) is 0.561. The van der Waals surface area contributed by atoms with Gasteiger partial charge in [0, 0.05) is 5.69 Å². The van der Waals surface area contributed by atoms with Crippen LogP contribution in [0.4, 0.5) is 16.5 Å². The Kier molecular flexibility index (Phi) is 6.47. The average Bonchev–Trinajstić information content (AvgIpc) is 3.15. The van der Waals surface area contributed by atoms with Gasteiger partial charge in [0.2, 0.25) is 11.0 Å². The van der Waals surface area contributed by atoms with Crippen molar-refractivity contribution in [1.29, 1.82) is 5.26 Å². The maximum absolute atomic E-state index is 12.4. The van der Waals surface area contributed by atoms with E-state index in [2.05, 4.69) is 20.8 Å². The Morgan fingerprint density at radius 3 is 2.68 bits per heavy atom. The summed E-state index contributed by atoms with van der Waals surface area (Å²) in [6.45, 7) is 1.80. The monoisotopic (exact) mass is 411 g/mol. The molecule has 1 atom stereocenters.